The van der Waals surface area contributed by atoms with E-state index in [0.29, 0.717) is 6.61 Å². The summed E-state index contributed by atoms with van der Waals surface area (Å²) in [5, 5.41) is 3.16. The van der Waals surface area contributed by atoms with Crippen molar-refractivity contribution < 1.29 is 9.47 Å². The maximum Gasteiger partial charge on any atom is 0.189 e. The number of nitrogens with zero attached hydrogens (tertiary/aromatic N) is 2. The molecule has 0 spiro atoms. The Morgan fingerprint density at radius 1 is 1.23 bits per heavy atom. The van der Waals surface area contributed by atoms with E-state index < -0.39 is 0 Å². The minimum Gasteiger partial charge on any atom is -0.491 e. The number of hydrogen-bond donors (Lipinski definition) is 0. The lowest BCUT2D eigenvalue weighted by atomic mass is 9.90. The maximum atomic E-state index is 6.17. The summed E-state index contributed by atoms with van der Waals surface area (Å²) >= 11 is 5.16. The average molecular weight is 461 g/mol. The predicted molar refractivity (Wildman–Crippen MR) is 128 cm³/mol. The minimum atomic E-state index is -0.104. The monoisotopic (exact) mass is 460 g/mol. The third kappa shape index (κ3) is 4.64. The first-order valence-corrected chi connectivity index (χ1v) is 13.3. The van der Waals surface area contributed by atoms with Crippen molar-refractivity contribution in [1.29, 1.82) is 0 Å². The van der Waals surface area contributed by atoms with Gasteiger partial charge < -0.3 is 9.47 Å². The van der Waals surface area contributed by atoms with E-state index in [9.17, 15) is 0 Å². The maximum absolute atomic E-state index is 6.17. The van der Waals surface area contributed by atoms with Gasteiger partial charge in [0.25, 0.3) is 0 Å². The van der Waals surface area contributed by atoms with Gasteiger partial charge in [0.1, 0.15) is 15.6 Å². The van der Waals surface area contributed by atoms with E-state index in [-0.39, 0.29) is 11.7 Å². The van der Waals surface area contributed by atoms with Crippen molar-refractivity contribution in [3.05, 3.63) is 40.3 Å². The number of aromatic nitrogens is 2. The topological polar surface area (TPSA) is 44.2 Å². The molecule has 0 saturated heterocycles. The van der Waals surface area contributed by atoms with Crippen LogP contribution < -0.4 is 4.74 Å². The fraction of sp³-hybridized carbons (Fsp3) is 0.478. The Balaban J connectivity index is 1.63. The van der Waals surface area contributed by atoms with E-state index >= 15 is 0 Å². The molecule has 4 rings (SSSR count). The molecule has 0 radical (unpaired) electrons. The standard InChI is InChI=1S/C23H28N2O2S3/c1-6-23(4)11-17-18(12-26-23)30-21-19(17)20(24-22(25-21)28-5)29-13-15-7-9-16(10-8-15)27-14(2)3/h7-10,14H,6,11-13H2,1-5H3. The van der Waals surface area contributed by atoms with Crippen LogP contribution in [0.2, 0.25) is 0 Å². The van der Waals surface area contributed by atoms with Crippen LogP contribution in [-0.2, 0) is 23.5 Å². The molecule has 0 aliphatic carbocycles. The van der Waals surface area contributed by atoms with Crippen LogP contribution in [0.25, 0.3) is 10.2 Å². The van der Waals surface area contributed by atoms with Crippen molar-refractivity contribution in [2.24, 2.45) is 0 Å². The van der Waals surface area contributed by atoms with Crippen molar-refractivity contribution in [2.45, 2.75) is 74.8 Å². The van der Waals surface area contributed by atoms with E-state index in [1.807, 2.05) is 20.1 Å². The van der Waals surface area contributed by atoms with Crippen LogP contribution in [0.1, 0.15) is 50.1 Å². The van der Waals surface area contributed by atoms with Gasteiger partial charge in [-0.05, 0) is 56.7 Å². The van der Waals surface area contributed by atoms with Crippen LogP contribution in [0, 0.1) is 0 Å². The van der Waals surface area contributed by atoms with Crippen molar-refractivity contribution >= 4 is 45.1 Å². The van der Waals surface area contributed by atoms with E-state index in [1.54, 1.807) is 34.9 Å². The molecular weight excluding hydrogens is 432 g/mol. The molecule has 1 aliphatic rings. The minimum absolute atomic E-state index is 0.104. The zero-order chi connectivity index (χ0) is 21.3. The molecule has 0 bridgehead atoms. The molecule has 3 heterocycles. The lowest BCUT2D eigenvalue weighted by Crippen LogP contribution is -2.33. The van der Waals surface area contributed by atoms with Gasteiger partial charge in [-0.2, -0.15) is 0 Å². The molecule has 0 amide bonds. The van der Waals surface area contributed by atoms with Crippen LogP contribution in [0.4, 0.5) is 0 Å². The van der Waals surface area contributed by atoms with Crippen LogP contribution in [0.3, 0.4) is 0 Å². The van der Waals surface area contributed by atoms with Crippen LogP contribution >= 0.6 is 34.9 Å². The predicted octanol–water partition coefficient (Wildman–Crippen LogP) is 6.73. The van der Waals surface area contributed by atoms with Gasteiger partial charge in [0.05, 0.1) is 18.3 Å². The number of ether oxygens (including phenoxy) is 2. The average Bonchev–Trinajstić information content (AvgIpc) is 3.10. The van der Waals surface area contributed by atoms with Crippen LogP contribution in [0.15, 0.2) is 34.4 Å². The van der Waals surface area contributed by atoms with Crippen LogP contribution in [-0.4, -0.2) is 27.9 Å². The molecule has 2 aromatic heterocycles. The van der Waals surface area contributed by atoms with Gasteiger partial charge in [0, 0.05) is 22.4 Å². The van der Waals surface area contributed by atoms with Gasteiger partial charge in [-0.3, -0.25) is 0 Å². The summed E-state index contributed by atoms with van der Waals surface area (Å²) < 4.78 is 11.9. The SMILES string of the molecule is CCC1(C)Cc2c(sc3nc(SC)nc(SCc4ccc(OC(C)C)cc4)c23)CO1. The highest BCUT2D eigenvalue weighted by Gasteiger charge is 2.33. The third-order valence-corrected chi connectivity index (χ3v) is 8.08. The molecule has 1 unspecified atom stereocenters. The number of benzene rings is 1. The molecule has 1 aliphatic heterocycles. The summed E-state index contributed by atoms with van der Waals surface area (Å²) in [7, 11) is 0. The Bertz CT molecular complexity index is 1030. The first-order valence-electron chi connectivity index (χ1n) is 10.3. The molecule has 1 aromatic carbocycles. The summed E-state index contributed by atoms with van der Waals surface area (Å²) in [4.78, 5) is 12.1. The molecular formula is C23H28N2O2S3. The van der Waals surface area contributed by atoms with E-state index in [1.165, 1.54) is 21.4 Å². The second kappa shape index (κ2) is 9.07. The quantitative estimate of drug-likeness (QED) is 0.221. The molecule has 7 heteroatoms. The fourth-order valence-corrected chi connectivity index (χ4v) is 6.19. The number of fused-ring (bicyclic) bond motifs is 3. The number of thioether (sulfide) groups is 2. The van der Waals surface area contributed by atoms with Gasteiger partial charge in [-0.15, -0.1) is 23.1 Å². The molecule has 30 heavy (non-hydrogen) atoms. The number of rotatable bonds is 7. The fourth-order valence-electron chi connectivity index (χ4n) is 3.53. The van der Waals surface area contributed by atoms with Crippen molar-refractivity contribution in [3.63, 3.8) is 0 Å². The normalized spacial score (nSPS) is 18.7. The Morgan fingerprint density at radius 2 is 2.00 bits per heavy atom. The van der Waals surface area contributed by atoms with Gasteiger partial charge in [-0.25, -0.2) is 9.97 Å². The zero-order valence-electron chi connectivity index (χ0n) is 18.2. The van der Waals surface area contributed by atoms with E-state index in [2.05, 4.69) is 38.1 Å². The van der Waals surface area contributed by atoms with Gasteiger partial charge >= 0.3 is 0 Å². The van der Waals surface area contributed by atoms with Gasteiger partial charge in [-0.1, -0.05) is 30.8 Å². The third-order valence-electron chi connectivity index (χ3n) is 5.38. The Kier molecular flexibility index (Phi) is 6.63. The summed E-state index contributed by atoms with van der Waals surface area (Å²) in [6.45, 7) is 9.18. The largest absolute Gasteiger partial charge is 0.491 e. The highest BCUT2D eigenvalue weighted by Crippen LogP contribution is 2.43. The first kappa shape index (κ1) is 21.9. The lowest BCUT2D eigenvalue weighted by Gasteiger charge is -2.33. The second-order valence-electron chi connectivity index (χ2n) is 8.07. The summed E-state index contributed by atoms with van der Waals surface area (Å²) in [6, 6.07) is 8.39. The van der Waals surface area contributed by atoms with Gasteiger partial charge in [0.2, 0.25) is 0 Å². The van der Waals surface area contributed by atoms with Gasteiger partial charge in [0.15, 0.2) is 5.16 Å². The second-order valence-corrected chi connectivity index (χ2v) is 10.9. The van der Waals surface area contributed by atoms with Crippen molar-refractivity contribution in [1.82, 2.24) is 9.97 Å². The summed E-state index contributed by atoms with van der Waals surface area (Å²) in [6.07, 6.45) is 4.15. The molecule has 1 atom stereocenters. The van der Waals surface area contributed by atoms with Crippen LogP contribution in [0.5, 0.6) is 5.75 Å². The lowest BCUT2D eigenvalue weighted by molar-refractivity contribution is -0.0543. The van der Waals surface area contributed by atoms with E-state index in [0.717, 1.165) is 39.4 Å². The molecule has 3 aromatic rings. The Hall–Kier alpha value is -1.28. The van der Waals surface area contributed by atoms with E-state index in [4.69, 9.17) is 19.4 Å². The molecule has 0 fully saturated rings. The molecule has 160 valence electrons. The summed E-state index contributed by atoms with van der Waals surface area (Å²) in [5.41, 5.74) is 2.55. The summed E-state index contributed by atoms with van der Waals surface area (Å²) in [5.74, 6) is 1.78. The first-order chi connectivity index (χ1) is 14.4. The molecule has 4 nitrogen and oxygen atoms in total. The Morgan fingerprint density at radius 3 is 2.67 bits per heavy atom. The Labute approximate surface area is 191 Å². The molecule has 0 N–H and O–H groups in total. The number of thiophene rings is 1. The van der Waals surface area contributed by atoms with Crippen molar-refractivity contribution in [2.75, 3.05) is 6.26 Å². The highest BCUT2D eigenvalue weighted by atomic mass is 32.2. The number of hydrogen-bond acceptors (Lipinski definition) is 7. The highest BCUT2D eigenvalue weighted by molar-refractivity contribution is 7.99. The zero-order valence-corrected chi connectivity index (χ0v) is 20.6. The molecule has 0 saturated carbocycles. The van der Waals surface area contributed by atoms with Crippen molar-refractivity contribution in [3.8, 4) is 5.75 Å². The smallest absolute Gasteiger partial charge is 0.189 e.